The molecular weight excluding hydrogens is 334 g/mol. The van der Waals surface area contributed by atoms with E-state index < -0.39 is 0 Å². The maximum Gasteiger partial charge on any atom is 0.162 e. The van der Waals surface area contributed by atoms with Crippen LogP contribution >= 0.6 is 0 Å². The molecule has 3 aromatic carbocycles. The molecule has 0 N–H and O–H groups in total. The van der Waals surface area contributed by atoms with Gasteiger partial charge in [0.05, 0.1) is 19.9 Å². The molecule has 0 radical (unpaired) electrons. The Morgan fingerprint density at radius 3 is 1.96 bits per heavy atom. The van der Waals surface area contributed by atoms with E-state index in [1.807, 2.05) is 18.2 Å². The van der Waals surface area contributed by atoms with Crippen LogP contribution in [0.25, 0.3) is 0 Å². The lowest BCUT2D eigenvalue weighted by Gasteiger charge is -2.26. The van der Waals surface area contributed by atoms with Gasteiger partial charge in [-0.1, -0.05) is 43.7 Å². The lowest BCUT2D eigenvalue weighted by molar-refractivity contribution is 0.355. The first-order valence-electron chi connectivity index (χ1n) is 9.43. The van der Waals surface area contributed by atoms with Crippen molar-refractivity contribution in [1.29, 1.82) is 0 Å². The minimum Gasteiger partial charge on any atom is -0.493 e. The van der Waals surface area contributed by atoms with Crippen molar-refractivity contribution in [2.45, 2.75) is 26.2 Å². The fourth-order valence-electron chi connectivity index (χ4n) is 3.18. The highest BCUT2D eigenvalue weighted by Crippen LogP contribution is 2.39. The zero-order valence-electron chi connectivity index (χ0n) is 16.3. The van der Waals surface area contributed by atoms with Crippen LogP contribution in [0.15, 0.2) is 72.8 Å². The monoisotopic (exact) mass is 361 g/mol. The third-order valence-corrected chi connectivity index (χ3v) is 4.65. The van der Waals surface area contributed by atoms with Crippen molar-refractivity contribution in [2.75, 3.05) is 19.1 Å². The minimum absolute atomic E-state index is 0.718. The van der Waals surface area contributed by atoms with Crippen molar-refractivity contribution in [3.8, 4) is 11.5 Å². The average Bonchev–Trinajstić information content (AvgIpc) is 2.74. The van der Waals surface area contributed by atoms with Crippen molar-refractivity contribution < 1.29 is 9.47 Å². The molecule has 0 aromatic heterocycles. The molecule has 0 aliphatic carbocycles. The maximum atomic E-state index is 5.51. The minimum atomic E-state index is 0.718. The largest absolute Gasteiger partial charge is 0.493 e. The highest BCUT2D eigenvalue weighted by atomic mass is 16.5. The summed E-state index contributed by atoms with van der Waals surface area (Å²) in [6.07, 6.45) is 3.55. The highest BCUT2D eigenvalue weighted by Gasteiger charge is 2.15. The molecule has 0 bridgehead atoms. The van der Waals surface area contributed by atoms with Crippen molar-refractivity contribution in [2.24, 2.45) is 0 Å². The van der Waals surface area contributed by atoms with Crippen molar-refractivity contribution in [3.05, 3.63) is 78.4 Å². The Balaban J connectivity index is 2.02. The van der Waals surface area contributed by atoms with Crippen LogP contribution in [0.3, 0.4) is 0 Å². The van der Waals surface area contributed by atoms with Crippen LogP contribution < -0.4 is 14.4 Å². The van der Waals surface area contributed by atoms with Gasteiger partial charge >= 0.3 is 0 Å². The van der Waals surface area contributed by atoms with Gasteiger partial charge in [-0.2, -0.15) is 0 Å². The molecule has 0 atom stereocenters. The first-order valence-corrected chi connectivity index (χ1v) is 9.43. The fraction of sp³-hybridized carbons (Fsp3) is 0.250. The predicted octanol–water partition coefficient (Wildman–Crippen LogP) is 6.52. The van der Waals surface area contributed by atoms with E-state index >= 15 is 0 Å². The van der Waals surface area contributed by atoms with E-state index in [0.29, 0.717) is 0 Å². The summed E-state index contributed by atoms with van der Waals surface area (Å²) in [6, 6.07) is 25.2. The number of ether oxygens (including phenoxy) is 2. The Hall–Kier alpha value is -2.94. The van der Waals surface area contributed by atoms with Crippen molar-refractivity contribution in [3.63, 3.8) is 0 Å². The van der Waals surface area contributed by atoms with Crippen LogP contribution in [-0.2, 0) is 6.42 Å². The molecule has 0 amide bonds. The first kappa shape index (κ1) is 18.8. The Labute approximate surface area is 162 Å². The van der Waals surface area contributed by atoms with Gasteiger partial charge in [0.15, 0.2) is 11.5 Å². The third-order valence-electron chi connectivity index (χ3n) is 4.65. The first-order chi connectivity index (χ1) is 13.3. The molecule has 140 valence electrons. The summed E-state index contributed by atoms with van der Waals surface area (Å²) in [6.45, 7) is 2.22. The summed E-state index contributed by atoms with van der Waals surface area (Å²) in [5.41, 5.74) is 4.63. The molecule has 3 nitrogen and oxygen atoms in total. The average molecular weight is 361 g/mol. The summed E-state index contributed by atoms with van der Waals surface area (Å²) in [7, 11) is 3.32. The van der Waals surface area contributed by atoms with Gasteiger partial charge in [0.2, 0.25) is 0 Å². The number of nitrogens with zero attached hydrogens (tertiary/aromatic N) is 1. The number of hydrogen-bond acceptors (Lipinski definition) is 3. The number of aryl methyl sites for hydroxylation is 1. The smallest absolute Gasteiger partial charge is 0.162 e. The molecule has 0 fully saturated rings. The summed E-state index contributed by atoms with van der Waals surface area (Å²) in [5, 5.41) is 0. The zero-order chi connectivity index (χ0) is 19.1. The van der Waals surface area contributed by atoms with E-state index in [1.54, 1.807) is 14.2 Å². The molecular formula is C24H27NO2. The molecule has 3 aromatic rings. The van der Waals surface area contributed by atoms with Gasteiger partial charge in [-0.3, -0.25) is 0 Å². The van der Waals surface area contributed by atoms with Gasteiger partial charge in [0.1, 0.15) is 0 Å². The highest BCUT2D eigenvalue weighted by molar-refractivity contribution is 5.77. The lowest BCUT2D eigenvalue weighted by Crippen LogP contribution is -2.10. The van der Waals surface area contributed by atoms with Crippen LogP contribution in [0.4, 0.5) is 17.1 Å². The molecule has 27 heavy (non-hydrogen) atoms. The van der Waals surface area contributed by atoms with E-state index in [9.17, 15) is 0 Å². The maximum absolute atomic E-state index is 5.51. The number of methoxy groups -OCH3 is 2. The van der Waals surface area contributed by atoms with Crippen LogP contribution in [0.5, 0.6) is 11.5 Å². The molecule has 0 spiro atoms. The summed E-state index contributed by atoms with van der Waals surface area (Å²) in [4.78, 5) is 2.23. The molecule has 0 unspecified atom stereocenters. The normalized spacial score (nSPS) is 10.5. The molecule has 0 saturated carbocycles. The molecule has 0 aliphatic rings. The molecule has 3 heteroatoms. The number of rotatable bonds is 8. The van der Waals surface area contributed by atoms with Gasteiger partial charge in [0.25, 0.3) is 0 Å². The summed E-state index contributed by atoms with van der Waals surface area (Å²) >= 11 is 0. The van der Waals surface area contributed by atoms with Crippen molar-refractivity contribution >= 4 is 17.1 Å². The molecule has 3 rings (SSSR count). The van der Waals surface area contributed by atoms with Gasteiger partial charge in [0, 0.05) is 17.4 Å². The third kappa shape index (κ3) is 4.43. The van der Waals surface area contributed by atoms with Gasteiger partial charge in [-0.25, -0.2) is 0 Å². The van der Waals surface area contributed by atoms with Crippen LogP contribution in [0, 0.1) is 0 Å². The second-order valence-corrected chi connectivity index (χ2v) is 6.48. The van der Waals surface area contributed by atoms with Crippen LogP contribution in [0.1, 0.15) is 25.3 Å². The molecule has 0 aliphatic heterocycles. The Morgan fingerprint density at radius 1 is 0.704 bits per heavy atom. The second kappa shape index (κ2) is 9.13. The quantitative estimate of drug-likeness (QED) is 0.456. The van der Waals surface area contributed by atoms with E-state index in [1.165, 1.54) is 18.4 Å². The van der Waals surface area contributed by atoms with E-state index in [2.05, 4.69) is 66.4 Å². The number of anilines is 3. The second-order valence-electron chi connectivity index (χ2n) is 6.48. The Kier molecular flexibility index (Phi) is 6.37. The summed E-state index contributed by atoms with van der Waals surface area (Å²) < 4.78 is 10.9. The van der Waals surface area contributed by atoms with E-state index in [4.69, 9.17) is 9.47 Å². The molecule has 0 saturated heterocycles. The Morgan fingerprint density at radius 2 is 1.33 bits per heavy atom. The lowest BCUT2D eigenvalue weighted by atomic mass is 10.1. The van der Waals surface area contributed by atoms with Gasteiger partial charge in [-0.05, 0) is 54.8 Å². The fourth-order valence-corrected chi connectivity index (χ4v) is 3.18. The van der Waals surface area contributed by atoms with E-state index in [0.717, 1.165) is 35.0 Å². The number of unbranched alkanes of at least 4 members (excludes halogenated alkanes) is 1. The van der Waals surface area contributed by atoms with Crippen LogP contribution in [0.2, 0.25) is 0 Å². The van der Waals surface area contributed by atoms with Crippen molar-refractivity contribution in [1.82, 2.24) is 0 Å². The van der Waals surface area contributed by atoms with E-state index in [-0.39, 0.29) is 0 Å². The van der Waals surface area contributed by atoms with Gasteiger partial charge < -0.3 is 14.4 Å². The standard InChI is InChI=1S/C24H27NO2/c1-4-5-9-19-12-14-21(15-13-19)25(20-10-7-6-8-11-20)22-16-17-23(26-2)24(18-22)27-3/h6-8,10-18H,4-5,9H2,1-3H3. The number of hydrogen-bond donors (Lipinski definition) is 0. The predicted molar refractivity (Wildman–Crippen MR) is 113 cm³/mol. The summed E-state index contributed by atoms with van der Waals surface area (Å²) in [5.74, 6) is 1.44. The zero-order valence-corrected chi connectivity index (χ0v) is 16.3. The number of benzene rings is 3. The topological polar surface area (TPSA) is 21.7 Å². The van der Waals surface area contributed by atoms with Crippen LogP contribution in [-0.4, -0.2) is 14.2 Å². The SMILES string of the molecule is CCCCc1ccc(N(c2ccccc2)c2ccc(OC)c(OC)c2)cc1. The number of para-hydroxylation sites is 1. The Bertz CT molecular complexity index is 844. The van der Waals surface area contributed by atoms with Gasteiger partial charge in [-0.15, -0.1) is 0 Å². The molecule has 0 heterocycles.